The highest BCUT2D eigenvalue weighted by Gasteiger charge is 2.25. The van der Waals surface area contributed by atoms with E-state index < -0.39 is 10.0 Å². The van der Waals surface area contributed by atoms with Crippen molar-refractivity contribution >= 4 is 48.5 Å². The van der Waals surface area contributed by atoms with E-state index in [9.17, 15) is 8.42 Å². The SMILES string of the molecule is CCOc1c(C)n(S(=O)(=O)c2ccc(Cl)cc2)c2ccc(Br)cc12. The fraction of sp³-hybridized carbons (Fsp3) is 0.176. The lowest BCUT2D eigenvalue weighted by atomic mass is 10.2. The van der Waals surface area contributed by atoms with Crippen molar-refractivity contribution in [3.63, 3.8) is 0 Å². The Hall–Kier alpha value is -1.50. The number of fused-ring (bicyclic) bond motifs is 1. The Morgan fingerprint density at radius 3 is 2.46 bits per heavy atom. The van der Waals surface area contributed by atoms with Gasteiger partial charge in [-0.15, -0.1) is 0 Å². The van der Waals surface area contributed by atoms with Crippen molar-refractivity contribution < 1.29 is 13.2 Å². The van der Waals surface area contributed by atoms with Crippen LogP contribution in [0.2, 0.25) is 5.02 Å². The quantitative estimate of drug-likeness (QED) is 0.587. The zero-order valence-corrected chi connectivity index (χ0v) is 16.2. The molecule has 7 heteroatoms. The molecule has 0 amide bonds. The van der Waals surface area contributed by atoms with Gasteiger partial charge in [-0.3, -0.25) is 0 Å². The number of nitrogens with zero attached hydrogens (tertiary/aromatic N) is 1. The van der Waals surface area contributed by atoms with E-state index in [4.69, 9.17) is 16.3 Å². The lowest BCUT2D eigenvalue weighted by Crippen LogP contribution is -2.14. The van der Waals surface area contributed by atoms with E-state index in [0.717, 1.165) is 9.86 Å². The molecule has 0 spiro atoms. The van der Waals surface area contributed by atoms with Gasteiger partial charge in [0, 0.05) is 14.9 Å². The highest BCUT2D eigenvalue weighted by atomic mass is 79.9. The Labute approximate surface area is 154 Å². The summed E-state index contributed by atoms with van der Waals surface area (Å²) in [5.74, 6) is 0.575. The fourth-order valence-corrected chi connectivity index (χ4v) is 4.72. The minimum Gasteiger partial charge on any atom is -0.491 e. The van der Waals surface area contributed by atoms with Gasteiger partial charge in [-0.25, -0.2) is 12.4 Å². The first kappa shape index (κ1) is 17.3. The van der Waals surface area contributed by atoms with Crippen LogP contribution in [-0.4, -0.2) is 19.0 Å². The van der Waals surface area contributed by atoms with Gasteiger partial charge in [0.2, 0.25) is 0 Å². The lowest BCUT2D eigenvalue weighted by molar-refractivity contribution is 0.341. The average Bonchev–Trinajstić information content (AvgIpc) is 2.81. The van der Waals surface area contributed by atoms with Gasteiger partial charge in [0.1, 0.15) is 5.75 Å². The van der Waals surface area contributed by atoms with Gasteiger partial charge in [-0.05, 0) is 56.3 Å². The van der Waals surface area contributed by atoms with Gasteiger partial charge in [-0.1, -0.05) is 27.5 Å². The smallest absolute Gasteiger partial charge is 0.268 e. The zero-order valence-electron chi connectivity index (χ0n) is 13.1. The summed E-state index contributed by atoms with van der Waals surface area (Å²) in [6.45, 7) is 4.06. The number of hydrogen-bond acceptors (Lipinski definition) is 3. The molecule has 0 bridgehead atoms. The molecule has 2 aromatic carbocycles. The molecule has 1 heterocycles. The Kier molecular flexibility index (Phi) is 4.64. The van der Waals surface area contributed by atoms with E-state index in [1.165, 1.54) is 16.1 Å². The maximum absolute atomic E-state index is 13.1. The van der Waals surface area contributed by atoms with Crippen molar-refractivity contribution in [2.75, 3.05) is 6.61 Å². The van der Waals surface area contributed by atoms with E-state index in [1.807, 2.05) is 19.1 Å². The Morgan fingerprint density at radius 2 is 1.83 bits per heavy atom. The van der Waals surface area contributed by atoms with Crippen LogP contribution in [0.5, 0.6) is 5.75 Å². The van der Waals surface area contributed by atoms with Crippen molar-refractivity contribution in [1.82, 2.24) is 3.97 Å². The first-order chi connectivity index (χ1) is 11.4. The van der Waals surface area contributed by atoms with E-state index >= 15 is 0 Å². The molecule has 0 atom stereocenters. The van der Waals surface area contributed by atoms with Crippen LogP contribution < -0.4 is 4.74 Å². The van der Waals surface area contributed by atoms with Crippen molar-refractivity contribution in [2.24, 2.45) is 0 Å². The number of benzene rings is 2. The third-order valence-electron chi connectivity index (χ3n) is 3.70. The van der Waals surface area contributed by atoms with Crippen LogP contribution in [0.4, 0.5) is 0 Å². The van der Waals surface area contributed by atoms with Crippen LogP contribution in [0.25, 0.3) is 10.9 Å². The molecule has 0 N–H and O–H groups in total. The monoisotopic (exact) mass is 427 g/mol. The molecular weight excluding hydrogens is 414 g/mol. The molecule has 3 aromatic rings. The summed E-state index contributed by atoms with van der Waals surface area (Å²) in [5.41, 5.74) is 1.12. The first-order valence-electron chi connectivity index (χ1n) is 7.30. The third-order valence-corrected chi connectivity index (χ3v) is 6.26. The van der Waals surface area contributed by atoms with Gasteiger partial charge in [0.15, 0.2) is 0 Å². The molecule has 0 radical (unpaired) electrons. The van der Waals surface area contributed by atoms with E-state index in [2.05, 4.69) is 15.9 Å². The minimum absolute atomic E-state index is 0.179. The highest BCUT2D eigenvalue weighted by Crippen LogP contribution is 2.37. The van der Waals surface area contributed by atoms with Crippen molar-refractivity contribution in [3.05, 3.63) is 57.7 Å². The molecule has 4 nitrogen and oxygen atoms in total. The second-order valence-corrected chi connectivity index (χ2v) is 8.37. The normalized spacial score (nSPS) is 11.8. The zero-order chi connectivity index (χ0) is 17.5. The van der Waals surface area contributed by atoms with Crippen LogP contribution in [0.15, 0.2) is 51.8 Å². The van der Waals surface area contributed by atoms with Crippen LogP contribution in [0.3, 0.4) is 0 Å². The van der Waals surface area contributed by atoms with E-state index in [0.29, 0.717) is 28.6 Å². The molecule has 24 heavy (non-hydrogen) atoms. The van der Waals surface area contributed by atoms with E-state index in [-0.39, 0.29) is 4.90 Å². The van der Waals surface area contributed by atoms with Gasteiger partial charge in [0.05, 0.1) is 22.7 Å². The molecule has 0 aliphatic heterocycles. The maximum atomic E-state index is 13.1. The summed E-state index contributed by atoms with van der Waals surface area (Å²) in [7, 11) is -3.76. The molecule has 0 aliphatic carbocycles. The molecule has 0 aliphatic rings. The molecule has 0 saturated carbocycles. The van der Waals surface area contributed by atoms with Crippen molar-refractivity contribution in [3.8, 4) is 5.75 Å². The number of aromatic nitrogens is 1. The summed E-state index contributed by atoms with van der Waals surface area (Å²) in [6.07, 6.45) is 0. The van der Waals surface area contributed by atoms with E-state index in [1.54, 1.807) is 25.1 Å². The first-order valence-corrected chi connectivity index (χ1v) is 9.92. The van der Waals surface area contributed by atoms with Gasteiger partial charge >= 0.3 is 0 Å². The number of rotatable bonds is 4. The second kappa shape index (κ2) is 6.43. The third kappa shape index (κ3) is 2.83. The maximum Gasteiger partial charge on any atom is 0.268 e. The van der Waals surface area contributed by atoms with Gasteiger partial charge < -0.3 is 4.74 Å². The molecule has 0 saturated heterocycles. The van der Waals surface area contributed by atoms with Crippen LogP contribution in [0, 0.1) is 6.92 Å². The standard InChI is InChI=1S/C17H15BrClNO3S/c1-3-23-17-11(2)20(16-9-4-12(18)10-15(16)17)24(21,22)14-7-5-13(19)6-8-14/h4-10H,3H2,1-2H3. The van der Waals surface area contributed by atoms with Crippen molar-refractivity contribution in [1.29, 1.82) is 0 Å². The Bertz CT molecular complexity index is 1010. The summed E-state index contributed by atoms with van der Waals surface area (Å²) in [5, 5.41) is 1.24. The van der Waals surface area contributed by atoms with Crippen LogP contribution in [0.1, 0.15) is 12.6 Å². The summed E-state index contributed by atoms with van der Waals surface area (Å²) >= 11 is 9.30. The molecular formula is C17H15BrClNO3S. The molecule has 0 fully saturated rings. The summed E-state index contributed by atoms with van der Waals surface area (Å²) < 4.78 is 34.2. The minimum atomic E-state index is -3.76. The highest BCUT2D eigenvalue weighted by molar-refractivity contribution is 9.10. The molecule has 126 valence electrons. The predicted octanol–water partition coefficient (Wildman–Crippen LogP) is 5.00. The Balaban J connectivity index is 2.33. The fourth-order valence-electron chi connectivity index (χ4n) is 2.68. The van der Waals surface area contributed by atoms with Gasteiger partial charge in [0.25, 0.3) is 10.0 Å². The van der Waals surface area contributed by atoms with Crippen LogP contribution >= 0.6 is 27.5 Å². The molecule has 3 rings (SSSR count). The largest absolute Gasteiger partial charge is 0.491 e. The Morgan fingerprint density at radius 1 is 1.17 bits per heavy atom. The molecule has 0 unspecified atom stereocenters. The average molecular weight is 429 g/mol. The lowest BCUT2D eigenvalue weighted by Gasteiger charge is -2.10. The van der Waals surface area contributed by atoms with Crippen LogP contribution in [-0.2, 0) is 10.0 Å². The second-order valence-electron chi connectivity index (χ2n) is 5.23. The van der Waals surface area contributed by atoms with Gasteiger partial charge in [-0.2, -0.15) is 0 Å². The van der Waals surface area contributed by atoms with Crippen molar-refractivity contribution in [2.45, 2.75) is 18.7 Å². The summed E-state index contributed by atoms with van der Waals surface area (Å²) in [4.78, 5) is 0.179. The number of hydrogen-bond donors (Lipinski definition) is 0. The summed E-state index contributed by atoms with van der Waals surface area (Å²) in [6, 6.07) is 11.6. The number of halogens is 2. The molecule has 1 aromatic heterocycles. The predicted molar refractivity (Wildman–Crippen MR) is 99.6 cm³/mol. The number of ether oxygens (including phenoxy) is 1. The topological polar surface area (TPSA) is 48.3 Å².